The molecule has 0 unspecified atom stereocenters. The molecule has 1 aromatic rings. The first kappa shape index (κ1) is 23.9. The normalized spacial score (nSPS) is 18.3. The molecule has 6 nitrogen and oxygen atoms in total. The number of amides is 1. The molecule has 1 fully saturated rings. The molecule has 2 N–H and O–H groups in total. The summed E-state index contributed by atoms with van der Waals surface area (Å²) >= 11 is 0. The second-order valence-corrected chi connectivity index (χ2v) is 7.20. The molecule has 166 valence electrons. The third-order valence-electron chi connectivity index (χ3n) is 4.79. The maximum Gasteiger partial charge on any atom is 0.416 e. The quantitative estimate of drug-likeness (QED) is 0.417. The number of rotatable bonds is 11. The van der Waals surface area contributed by atoms with E-state index < -0.39 is 23.8 Å². The minimum atomic E-state index is -4.43. The van der Waals surface area contributed by atoms with E-state index in [2.05, 4.69) is 0 Å². The lowest BCUT2D eigenvalue weighted by Gasteiger charge is -2.22. The van der Waals surface area contributed by atoms with Crippen molar-refractivity contribution in [1.82, 2.24) is 4.90 Å². The minimum Gasteiger partial charge on any atom is -0.480 e. The van der Waals surface area contributed by atoms with Gasteiger partial charge in [-0.25, -0.2) is 4.79 Å². The van der Waals surface area contributed by atoms with Crippen molar-refractivity contribution in [3.05, 3.63) is 47.5 Å². The Kier molecular flexibility index (Phi) is 8.86. The van der Waals surface area contributed by atoms with Gasteiger partial charge in [-0.05, 0) is 30.9 Å². The number of aliphatic hydroxyl groups is 1. The number of ether oxygens (including phenoxy) is 1. The molecule has 1 amide bonds. The van der Waals surface area contributed by atoms with Crippen molar-refractivity contribution < 1.29 is 37.7 Å². The van der Waals surface area contributed by atoms with E-state index in [1.165, 1.54) is 18.2 Å². The van der Waals surface area contributed by atoms with Crippen LogP contribution in [0.25, 0.3) is 0 Å². The zero-order chi connectivity index (χ0) is 22.1. The molecule has 2 rings (SSSR count). The van der Waals surface area contributed by atoms with E-state index in [4.69, 9.17) is 9.84 Å². The molecule has 1 aromatic carbocycles. The number of nitrogens with zero attached hydrogens (tertiary/aromatic N) is 1. The number of aliphatic hydroxyl groups excluding tert-OH is 1. The summed E-state index contributed by atoms with van der Waals surface area (Å²) in [5.41, 5.74) is -0.376. The number of alkyl halides is 3. The Labute approximate surface area is 172 Å². The number of likely N-dealkylation sites (tertiary alicyclic amines) is 1. The minimum absolute atomic E-state index is 0.00322. The average molecular weight is 429 g/mol. The molecule has 0 aromatic heterocycles. The van der Waals surface area contributed by atoms with E-state index in [-0.39, 0.29) is 25.0 Å². The van der Waals surface area contributed by atoms with Crippen LogP contribution >= 0.6 is 0 Å². The van der Waals surface area contributed by atoms with Gasteiger partial charge in [-0.15, -0.1) is 0 Å². The van der Waals surface area contributed by atoms with Crippen molar-refractivity contribution >= 4 is 11.9 Å². The van der Waals surface area contributed by atoms with E-state index in [9.17, 15) is 27.9 Å². The van der Waals surface area contributed by atoms with Crippen LogP contribution in [0.1, 0.15) is 36.8 Å². The summed E-state index contributed by atoms with van der Waals surface area (Å²) in [5, 5.41) is 18.7. The first-order valence-electron chi connectivity index (χ1n) is 9.78. The van der Waals surface area contributed by atoms with E-state index in [0.717, 1.165) is 12.1 Å². The zero-order valence-electron chi connectivity index (χ0n) is 16.5. The van der Waals surface area contributed by atoms with Gasteiger partial charge < -0.3 is 19.8 Å². The number of carboxylic acids is 1. The van der Waals surface area contributed by atoms with Crippen LogP contribution in [0, 0.1) is 0 Å². The van der Waals surface area contributed by atoms with Gasteiger partial charge in [0.25, 0.3) is 0 Å². The number of benzene rings is 1. The zero-order valence-corrected chi connectivity index (χ0v) is 16.5. The smallest absolute Gasteiger partial charge is 0.416 e. The predicted octanol–water partition coefficient (Wildman–Crippen LogP) is 3.04. The van der Waals surface area contributed by atoms with Crippen molar-refractivity contribution in [2.45, 2.75) is 50.4 Å². The topological polar surface area (TPSA) is 87.1 Å². The second-order valence-electron chi connectivity index (χ2n) is 7.20. The molecule has 0 spiro atoms. The Bertz CT molecular complexity index is 750. The highest BCUT2D eigenvalue weighted by Crippen LogP contribution is 2.29. The van der Waals surface area contributed by atoms with Crippen LogP contribution < -0.4 is 0 Å². The summed E-state index contributed by atoms with van der Waals surface area (Å²) in [6.45, 7) is 0.441. The first-order chi connectivity index (χ1) is 14.2. The molecule has 0 saturated carbocycles. The number of carbonyl (C=O) groups excluding carboxylic acids is 1. The van der Waals surface area contributed by atoms with Crippen LogP contribution in [0.4, 0.5) is 13.2 Å². The van der Waals surface area contributed by atoms with Crippen molar-refractivity contribution in [3.8, 4) is 0 Å². The fourth-order valence-corrected chi connectivity index (χ4v) is 3.33. The Morgan fingerprint density at radius 1 is 1.33 bits per heavy atom. The monoisotopic (exact) mass is 429 g/mol. The van der Waals surface area contributed by atoms with E-state index in [1.807, 2.05) is 0 Å². The van der Waals surface area contributed by atoms with Gasteiger partial charge in [0.2, 0.25) is 5.91 Å². The number of hydrogen-bond acceptors (Lipinski definition) is 4. The van der Waals surface area contributed by atoms with Gasteiger partial charge in [0, 0.05) is 26.0 Å². The number of carboxylic acid groups (broad SMARTS) is 1. The van der Waals surface area contributed by atoms with Crippen LogP contribution in [-0.2, 0) is 26.9 Å². The van der Waals surface area contributed by atoms with Gasteiger partial charge in [-0.3, -0.25) is 4.79 Å². The summed E-state index contributed by atoms with van der Waals surface area (Å²) in [5.74, 6) is -1.03. The SMILES string of the molecule is O=C(O)COCCCCN1C(=O)CC[C@@H]1/C=C/[C@@H](O)Cc1cccc(C(F)(F)F)c1. The Morgan fingerprint density at radius 3 is 2.80 bits per heavy atom. The van der Waals surface area contributed by atoms with Crippen LogP contribution in [0.2, 0.25) is 0 Å². The highest BCUT2D eigenvalue weighted by molar-refractivity contribution is 5.79. The number of carbonyl (C=O) groups is 2. The fourth-order valence-electron chi connectivity index (χ4n) is 3.33. The Hall–Kier alpha value is -2.39. The number of hydrogen-bond donors (Lipinski definition) is 2. The van der Waals surface area contributed by atoms with Crippen LogP contribution in [0.5, 0.6) is 0 Å². The molecule has 30 heavy (non-hydrogen) atoms. The number of aliphatic carboxylic acids is 1. The molecule has 1 aliphatic rings. The van der Waals surface area contributed by atoms with Gasteiger partial charge in [0.15, 0.2) is 0 Å². The van der Waals surface area contributed by atoms with Gasteiger partial charge in [-0.1, -0.05) is 30.4 Å². The largest absolute Gasteiger partial charge is 0.480 e. The molecule has 1 heterocycles. The standard InChI is InChI=1S/C21H26F3NO5/c22-21(23,24)16-5-3-4-15(12-16)13-18(26)8-6-17-7-9-19(27)25(17)10-1-2-11-30-14-20(28)29/h3-6,8,12,17-18,26H,1-2,7,9-11,13-14H2,(H,28,29)/b8-6+/t17-,18+/m0/s1. The summed E-state index contributed by atoms with van der Waals surface area (Å²) in [6.07, 6.45) is 0.179. The molecule has 1 aliphatic heterocycles. The Morgan fingerprint density at radius 2 is 2.10 bits per heavy atom. The van der Waals surface area contributed by atoms with Crippen molar-refractivity contribution in [2.75, 3.05) is 19.8 Å². The van der Waals surface area contributed by atoms with Crippen molar-refractivity contribution in [2.24, 2.45) is 0 Å². The van der Waals surface area contributed by atoms with E-state index >= 15 is 0 Å². The summed E-state index contributed by atoms with van der Waals surface area (Å²) in [4.78, 5) is 24.1. The summed E-state index contributed by atoms with van der Waals surface area (Å²) in [6, 6.07) is 4.68. The molecule has 2 atom stereocenters. The predicted molar refractivity (Wildman–Crippen MR) is 103 cm³/mol. The maximum atomic E-state index is 12.8. The molecular weight excluding hydrogens is 403 g/mol. The fraction of sp³-hybridized carbons (Fsp3) is 0.524. The molecule has 9 heteroatoms. The van der Waals surface area contributed by atoms with Crippen LogP contribution in [-0.4, -0.2) is 58.9 Å². The molecule has 0 radical (unpaired) electrons. The number of unbranched alkanes of at least 4 members (excludes halogenated alkanes) is 1. The molecule has 0 bridgehead atoms. The summed E-state index contributed by atoms with van der Waals surface area (Å²) < 4.78 is 43.3. The van der Waals surface area contributed by atoms with Gasteiger partial charge in [-0.2, -0.15) is 13.2 Å². The molecule has 1 saturated heterocycles. The lowest BCUT2D eigenvalue weighted by atomic mass is 10.0. The lowest BCUT2D eigenvalue weighted by Crippen LogP contribution is -2.33. The third-order valence-corrected chi connectivity index (χ3v) is 4.79. The van der Waals surface area contributed by atoms with Crippen LogP contribution in [0.15, 0.2) is 36.4 Å². The first-order valence-corrected chi connectivity index (χ1v) is 9.78. The average Bonchev–Trinajstić information content (AvgIpc) is 3.02. The van der Waals surface area contributed by atoms with Crippen molar-refractivity contribution in [1.29, 1.82) is 0 Å². The highest BCUT2D eigenvalue weighted by atomic mass is 19.4. The van der Waals surface area contributed by atoms with Crippen LogP contribution in [0.3, 0.4) is 0 Å². The molecular formula is C21H26F3NO5. The van der Waals surface area contributed by atoms with Crippen molar-refractivity contribution in [3.63, 3.8) is 0 Å². The maximum absolute atomic E-state index is 12.8. The number of halogens is 3. The second kappa shape index (κ2) is 11.1. The lowest BCUT2D eigenvalue weighted by molar-refractivity contribution is -0.142. The van der Waals surface area contributed by atoms with Gasteiger partial charge in [0.05, 0.1) is 17.7 Å². The summed E-state index contributed by atoms with van der Waals surface area (Å²) in [7, 11) is 0. The highest BCUT2D eigenvalue weighted by Gasteiger charge is 2.30. The molecule has 0 aliphatic carbocycles. The third kappa shape index (κ3) is 7.79. The van der Waals surface area contributed by atoms with Gasteiger partial charge in [0.1, 0.15) is 6.61 Å². The van der Waals surface area contributed by atoms with Gasteiger partial charge >= 0.3 is 12.1 Å². The van der Waals surface area contributed by atoms with E-state index in [1.54, 1.807) is 11.0 Å². The van der Waals surface area contributed by atoms with E-state index in [0.29, 0.717) is 44.4 Å². The Balaban J connectivity index is 1.83.